The molecule has 0 saturated heterocycles. The zero-order valence-electron chi connectivity index (χ0n) is 6.72. The van der Waals surface area contributed by atoms with Crippen LogP contribution in [0.25, 0.3) is 0 Å². The zero-order chi connectivity index (χ0) is 10.7. The van der Waals surface area contributed by atoms with Crippen molar-refractivity contribution in [2.24, 2.45) is 0 Å². The maximum atomic E-state index is 9.49. The predicted molar refractivity (Wildman–Crippen MR) is 59.2 cm³/mol. The third kappa shape index (κ3) is 2.54. The lowest BCUT2D eigenvalue weighted by atomic mass is 10.3. The van der Waals surface area contributed by atoms with Crippen LogP contribution in [0.1, 0.15) is 11.0 Å². The fourth-order valence-electron chi connectivity index (χ4n) is 0.764. The molecule has 2 nitrogen and oxygen atoms in total. The van der Waals surface area contributed by atoms with E-state index in [1.54, 1.807) is 0 Å². The zero-order valence-corrected chi connectivity index (χ0v) is 9.81. The van der Waals surface area contributed by atoms with Crippen LogP contribution in [-0.2, 0) is 0 Å². The van der Waals surface area contributed by atoms with Crippen molar-refractivity contribution in [1.29, 1.82) is 0 Å². The Hall–Kier alpha value is 0.0500. The summed E-state index contributed by atoms with van der Waals surface area (Å²) in [5.41, 5.74) is 0. The van der Waals surface area contributed by atoms with Gasteiger partial charge in [0.05, 0.1) is 14.9 Å². The van der Waals surface area contributed by atoms with Crippen molar-refractivity contribution < 1.29 is 10.2 Å². The Morgan fingerprint density at radius 3 is 2.36 bits per heavy atom. The Balaban J connectivity index is 3.01. The standard InChI is InChI=1S/C8H5Cl3O2S/c9-5-6(10)8(11)14-7(5)4(13)2-1-3-12/h4,12-13H,3H2. The second kappa shape index (κ2) is 5.22. The molecule has 1 unspecified atom stereocenters. The van der Waals surface area contributed by atoms with Gasteiger partial charge in [0.1, 0.15) is 10.9 Å². The lowest BCUT2D eigenvalue weighted by Crippen LogP contribution is -1.91. The largest absolute Gasteiger partial charge is 0.384 e. The fourth-order valence-corrected chi connectivity index (χ4v) is 2.55. The van der Waals surface area contributed by atoms with Gasteiger partial charge in [-0.1, -0.05) is 46.6 Å². The number of aliphatic hydroxyl groups excluding tert-OH is 2. The molecule has 0 spiro atoms. The second-order valence-electron chi connectivity index (χ2n) is 2.25. The van der Waals surface area contributed by atoms with E-state index in [1.165, 1.54) is 0 Å². The van der Waals surface area contributed by atoms with Crippen LogP contribution >= 0.6 is 46.1 Å². The molecule has 1 heterocycles. The Morgan fingerprint density at radius 1 is 1.29 bits per heavy atom. The number of rotatable bonds is 1. The number of aliphatic hydroxyl groups is 2. The van der Waals surface area contributed by atoms with Crippen LogP contribution in [0.2, 0.25) is 14.4 Å². The molecule has 0 aromatic carbocycles. The number of halogens is 3. The van der Waals surface area contributed by atoms with Crippen LogP contribution in [0.5, 0.6) is 0 Å². The minimum atomic E-state index is -1.07. The van der Waals surface area contributed by atoms with E-state index in [-0.39, 0.29) is 16.7 Å². The summed E-state index contributed by atoms with van der Waals surface area (Å²) in [5, 5.41) is 18.3. The van der Waals surface area contributed by atoms with Gasteiger partial charge in [-0.3, -0.25) is 0 Å². The number of thiophene rings is 1. The molecule has 6 heteroatoms. The molecule has 0 aliphatic rings. The molecule has 0 fully saturated rings. The molecule has 1 aromatic heterocycles. The molecule has 1 atom stereocenters. The lowest BCUT2D eigenvalue weighted by Gasteiger charge is -1.99. The molecule has 1 aromatic rings. The van der Waals surface area contributed by atoms with Gasteiger partial charge in [-0.15, -0.1) is 11.3 Å². The Labute approximate surface area is 100 Å². The van der Waals surface area contributed by atoms with Gasteiger partial charge in [0, 0.05) is 0 Å². The van der Waals surface area contributed by atoms with E-state index in [0.29, 0.717) is 9.21 Å². The van der Waals surface area contributed by atoms with Crippen molar-refractivity contribution in [2.45, 2.75) is 6.10 Å². The molecule has 2 N–H and O–H groups in total. The first-order chi connectivity index (χ1) is 6.57. The van der Waals surface area contributed by atoms with Gasteiger partial charge in [0.15, 0.2) is 6.10 Å². The minimum Gasteiger partial charge on any atom is -0.384 e. The summed E-state index contributed by atoms with van der Waals surface area (Å²) >= 11 is 18.3. The summed E-state index contributed by atoms with van der Waals surface area (Å²) in [6, 6.07) is 0. The van der Waals surface area contributed by atoms with Crippen molar-refractivity contribution in [3.8, 4) is 11.8 Å². The van der Waals surface area contributed by atoms with Gasteiger partial charge >= 0.3 is 0 Å². The van der Waals surface area contributed by atoms with Crippen molar-refractivity contribution in [2.75, 3.05) is 6.61 Å². The highest BCUT2D eigenvalue weighted by Gasteiger charge is 2.18. The van der Waals surface area contributed by atoms with Gasteiger partial charge in [0.25, 0.3) is 0 Å². The summed E-state index contributed by atoms with van der Waals surface area (Å²) in [7, 11) is 0. The van der Waals surface area contributed by atoms with Gasteiger partial charge < -0.3 is 10.2 Å². The fraction of sp³-hybridized carbons (Fsp3) is 0.250. The monoisotopic (exact) mass is 270 g/mol. The van der Waals surface area contributed by atoms with Crippen LogP contribution in [0.3, 0.4) is 0 Å². The molecular formula is C8H5Cl3O2S. The van der Waals surface area contributed by atoms with E-state index >= 15 is 0 Å². The first-order valence-corrected chi connectivity index (χ1v) is 5.43. The van der Waals surface area contributed by atoms with E-state index in [1.807, 2.05) is 0 Å². The van der Waals surface area contributed by atoms with E-state index in [4.69, 9.17) is 39.9 Å². The molecule has 0 amide bonds. The van der Waals surface area contributed by atoms with Crippen LogP contribution < -0.4 is 0 Å². The number of hydrogen-bond acceptors (Lipinski definition) is 3. The molecule has 1 rings (SSSR count). The quantitative estimate of drug-likeness (QED) is 0.771. The molecule has 0 saturated carbocycles. The Kier molecular flexibility index (Phi) is 4.52. The molecule has 0 bridgehead atoms. The minimum absolute atomic E-state index is 0.210. The molecule has 0 aliphatic heterocycles. The van der Waals surface area contributed by atoms with Crippen molar-refractivity contribution in [3.63, 3.8) is 0 Å². The predicted octanol–water partition coefficient (Wildman–Crippen LogP) is 2.74. The first kappa shape index (κ1) is 12.1. The molecular weight excluding hydrogens is 267 g/mol. The van der Waals surface area contributed by atoms with Gasteiger partial charge in [-0.25, -0.2) is 0 Å². The Bertz CT molecular complexity index is 391. The van der Waals surface area contributed by atoms with E-state index < -0.39 is 6.10 Å². The highest BCUT2D eigenvalue weighted by Crippen LogP contribution is 2.42. The van der Waals surface area contributed by atoms with E-state index in [2.05, 4.69) is 11.8 Å². The van der Waals surface area contributed by atoms with Crippen molar-refractivity contribution in [3.05, 3.63) is 19.3 Å². The average Bonchev–Trinajstić information content (AvgIpc) is 2.42. The normalized spacial score (nSPS) is 12.1. The molecule has 14 heavy (non-hydrogen) atoms. The van der Waals surface area contributed by atoms with Crippen molar-refractivity contribution in [1.82, 2.24) is 0 Å². The second-order valence-corrected chi connectivity index (χ2v) is 4.66. The third-order valence-electron chi connectivity index (χ3n) is 1.35. The van der Waals surface area contributed by atoms with Gasteiger partial charge in [-0.2, -0.15) is 0 Å². The maximum absolute atomic E-state index is 9.49. The summed E-state index contributed by atoms with van der Waals surface area (Å²) in [6.07, 6.45) is -1.07. The molecule has 0 radical (unpaired) electrons. The van der Waals surface area contributed by atoms with Crippen molar-refractivity contribution >= 4 is 46.1 Å². The lowest BCUT2D eigenvalue weighted by molar-refractivity contribution is 0.241. The maximum Gasteiger partial charge on any atom is 0.150 e. The molecule has 0 aliphatic carbocycles. The van der Waals surface area contributed by atoms with E-state index in [0.717, 1.165) is 11.3 Å². The van der Waals surface area contributed by atoms with Crippen LogP contribution in [-0.4, -0.2) is 16.8 Å². The smallest absolute Gasteiger partial charge is 0.150 e. The van der Waals surface area contributed by atoms with Crippen LogP contribution in [0, 0.1) is 11.8 Å². The van der Waals surface area contributed by atoms with E-state index in [9.17, 15) is 5.11 Å². The molecule has 76 valence electrons. The first-order valence-electron chi connectivity index (χ1n) is 3.48. The van der Waals surface area contributed by atoms with Crippen LogP contribution in [0.15, 0.2) is 0 Å². The summed E-state index contributed by atoms with van der Waals surface area (Å²) in [6.45, 7) is -0.318. The third-order valence-corrected chi connectivity index (χ3v) is 3.99. The SMILES string of the molecule is OCC#CC(O)c1sc(Cl)c(Cl)c1Cl. The summed E-state index contributed by atoms with van der Waals surface area (Å²) in [5.74, 6) is 4.71. The van der Waals surface area contributed by atoms with Crippen LogP contribution in [0.4, 0.5) is 0 Å². The Morgan fingerprint density at radius 2 is 1.93 bits per heavy atom. The average molecular weight is 272 g/mol. The summed E-state index contributed by atoms with van der Waals surface area (Å²) in [4.78, 5) is 0.391. The highest BCUT2D eigenvalue weighted by molar-refractivity contribution is 7.17. The van der Waals surface area contributed by atoms with Gasteiger partial charge in [0.2, 0.25) is 0 Å². The topological polar surface area (TPSA) is 40.5 Å². The summed E-state index contributed by atoms with van der Waals surface area (Å²) < 4.78 is 0.316. The number of hydrogen-bond donors (Lipinski definition) is 2. The highest BCUT2D eigenvalue weighted by atomic mass is 35.5. The van der Waals surface area contributed by atoms with Gasteiger partial charge in [-0.05, 0) is 0 Å².